The van der Waals surface area contributed by atoms with E-state index in [1.807, 2.05) is 19.9 Å². The normalized spacial score (nSPS) is 9.27. The van der Waals surface area contributed by atoms with Gasteiger partial charge in [0.15, 0.2) is 0 Å². The van der Waals surface area contributed by atoms with Gasteiger partial charge < -0.3 is 5.32 Å². The highest BCUT2D eigenvalue weighted by Gasteiger charge is 2.12. The monoisotopic (exact) mass is 318 g/mol. The minimum Gasteiger partial charge on any atom is -0.352 e. The second-order valence-electron chi connectivity index (χ2n) is 4.25. The number of aryl methyl sites for hydroxylation is 1. The van der Waals surface area contributed by atoms with Crippen molar-refractivity contribution in [3.63, 3.8) is 0 Å². The van der Waals surface area contributed by atoms with Crippen molar-refractivity contribution in [2.24, 2.45) is 0 Å². The lowest BCUT2D eigenvalue weighted by Gasteiger charge is -2.11. The first-order valence-electron chi connectivity index (χ1n) is 6.78. The van der Waals surface area contributed by atoms with Gasteiger partial charge in [-0.1, -0.05) is 19.9 Å². The smallest absolute Gasteiger partial charge is 0.254 e. The van der Waals surface area contributed by atoms with E-state index in [4.69, 9.17) is 16.9 Å². The number of halogens is 2. The Kier molecular flexibility index (Phi) is 6.55. The molecule has 0 aliphatic heterocycles. The molecule has 0 bridgehead atoms. The summed E-state index contributed by atoms with van der Waals surface area (Å²) in [5, 5.41) is 11.0. The van der Waals surface area contributed by atoms with Crippen molar-refractivity contribution in [1.82, 2.24) is 0 Å². The minimum atomic E-state index is -0.676. The molecule has 2 aromatic rings. The number of hydrogen-bond acceptors (Lipinski definition) is 3. The summed E-state index contributed by atoms with van der Waals surface area (Å²) in [6.07, 6.45) is 0. The predicted octanol–water partition coefficient (Wildman–Crippen LogP) is 5.15. The number of carbonyl (C=O) groups excluding carboxylic acids is 1. The lowest BCUT2D eigenvalue weighted by molar-refractivity contribution is 0.108. The summed E-state index contributed by atoms with van der Waals surface area (Å²) in [5.41, 5.74) is 1.83. The van der Waals surface area contributed by atoms with Crippen LogP contribution in [0.25, 0.3) is 0 Å². The van der Waals surface area contributed by atoms with Crippen molar-refractivity contribution >= 4 is 28.2 Å². The van der Waals surface area contributed by atoms with Gasteiger partial charge in [0.25, 0.3) is 5.24 Å². The van der Waals surface area contributed by atoms with E-state index in [9.17, 15) is 9.18 Å². The van der Waals surface area contributed by atoms with Crippen molar-refractivity contribution in [2.75, 3.05) is 5.32 Å². The van der Waals surface area contributed by atoms with Crippen molar-refractivity contribution in [2.45, 2.75) is 20.8 Å². The van der Waals surface area contributed by atoms with Crippen LogP contribution in [0, 0.1) is 24.1 Å². The molecule has 0 saturated heterocycles. The van der Waals surface area contributed by atoms with Crippen LogP contribution < -0.4 is 5.32 Å². The number of benzene rings is 2. The maximum atomic E-state index is 13.8. The number of carbonyl (C=O) groups is 1. The molecule has 0 spiro atoms. The third-order valence-corrected chi connectivity index (χ3v) is 2.96. The van der Waals surface area contributed by atoms with E-state index in [-0.39, 0.29) is 11.3 Å². The van der Waals surface area contributed by atoms with Crippen molar-refractivity contribution in [1.29, 1.82) is 5.26 Å². The Morgan fingerprint density at radius 2 is 1.86 bits per heavy atom. The Hall–Kier alpha value is -2.38. The van der Waals surface area contributed by atoms with Crippen molar-refractivity contribution in [3.8, 4) is 6.07 Å². The van der Waals surface area contributed by atoms with E-state index < -0.39 is 11.1 Å². The van der Waals surface area contributed by atoms with Crippen LogP contribution in [-0.2, 0) is 0 Å². The van der Waals surface area contributed by atoms with Crippen LogP contribution in [0.5, 0.6) is 0 Å². The van der Waals surface area contributed by atoms with Crippen LogP contribution in [0.3, 0.4) is 0 Å². The fourth-order valence-electron chi connectivity index (χ4n) is 1.76. The summed E-state index contributed by atoms with van der Waals surface area (Å²) in [7, 11) is 0. The average molecular weight is 319 g/mol. The summed E-state index contributed by atoms with van der Waals surface area (Å²) in [5.74, 6) is -0.444. The van der Waals surface area contributed by atoms with Crippen LogP contribution in [-0.4, -0.2) is 5.24 Å². The van der Waals surface area contributed by atoms with Gasteiger partial charge in [-0.3, -0.25) is 4.79 Å². The quantitative estimate of drug-likeness (QED) is 0.796. The summed E-state index contributed by atoms with van der Waals surface area (Å²) < 4.78 is 13.8. The fourth-order valence-corrected chi connectivity index (χ4v) is 1.92. The van der Waals surface area contributed by atoms with E-state index in [0.717, 1.165) is 5.56 Å². The van der Waals surface area contributed by atoms with Gasteiger partial charge in [0.05, 0.1) is 28.6 Å². The number of anilines is 2. The molecule has 3 nitrogen and oxygen atoms in total. The van der Waals surface area contributed by atoms with Gasteiger partial charge in [-0.2, -0.15) is 5.26 Å². The molecular weight excluding hydrogens is 303 g/mol. The van der Waals surface area contributed by atoms with Gasteiger partial charge in [0.1, 0.15) is 5.82 Å². The number of nitrogens with zero attached hydrogens (tertiary/aromatic N) is 1. The highest BCUT2D eigenvalue weighted by atomic mass is 35.5. The molecule has 0 amide bonds. The molecule has 0 aliphatic carbocycles. The van der Waals surface area contributed by atoms with Gasteiger partial charge >= 0.3 is 0 Å². The molecule has 0 fully saturated rings. The van der Waals surface area contributed by atoms with E-state index in [2.05, 4.69) is 5.32 Å². The topological polar surface area (TPSA) is 52.9 Å². The largest absolute Gasteiger partial charge is 0.352 e. The second kappa shape index (κ2) is 8.16. The van der Waals surface area contributed by atoms with Crippen LogP contribution in [0.15, 0.2) is 36.4 Å². The van der Waals surface area contributed by atoms with Gasteiger partial charge in [-0.05, 0) is 54.4 Å². The molecular formula is C17H16ClFN2O. The zero-order valence-electron chi connectivity index (χ0n) is 12.6. The first-order valence-corrected chi connectivity index (χ1v) is 7.16. The molecule has 0 saturated carbocycles. The Morgan fingerprint density at radius 1 is 1.18 bits per heavy atom. The molecule has 0 radical (unpaired) electrons. The molecule has 0 aromatic heterocycles. The Bertz CT molecular complexity index is 723. The molecule has 0 unspecified atom stereocenters. The standard InChI is InChI=1S/C15H10ClFN2O.C2H6/c1-9-2-5-13(12(17)6-9)19-14-7-10(8-18)3-4-11(14)15(16)20;1-2/h2-7,19H,1H3;1-2H3. The highest BCUT2D eigenvalue weighted by Crippen LogP contribution is 2.26. The lowest BCUT2D eigenvalue weighted by Crippen LogP contribution is -2.01. The van der Waals surface area contributed by atoms with Crippen LogP contribution >= 0.6 is 11.6 Å². The molecule has 2 rings (SSSR count). The SMILES string of the molecule is CC.Cc1ccc(Nc2cc(C#N)ccc2C(=O)Cl)c(F)c1. The summed E-state index contributed by atoms with van der Waals surface area (Å²) in [4.78, 5) is 11.3. The summed E-state index contributed by atoms with van der Waals surface area (Å²) >= 11 is 5.48. The molecule has 0 atom stereocenters. The van der Waals surface area contributed by atoms with E-state index >= 15 is 0 Å². The minimum absolute atomic E-state index is 0.186. The molecule has 1 N–H and O–H groups in total. The predicted molar refractivity (Wildman–Crippen MR) is 87.1 cm³/mol. The van der Waals surface area contributed by atoms with Crippen LogP contribution in [0.2, 0.25) is 0 Å². The molecule has 22 heavy (non-hydrogen) atoms. The number of nitrogens with one attached hydrogen (secondary N) is 1. The van der Waals surface area contributed by atoms with Crippen LogP contribution in [0.1, 0.15) is 35.3 Å². The maximum absolute atomic E-state index is 13.8. The van der Waals surface area contributed by atoms with E-state index in [1.54, 1.807) is 19.1 Å². The fraction of sp³-hybridized carbons (Fsp3) is 0.176. The van der Waals surface area contributed by atoms with E-state index in [0.29, 0.717) is 11.3 Å². The lowest BCUT2D eigenvalue weighted by atomic mass is 10.1. The van der Waals surface area contributed by atoms with Gasteiger partial charge in [0, 0.05) is 0 Å². The van der Waals surface area contributed by atoms with Crippen LogP contribution in [0.4, 0.5) is 15.8 Å². The summed E-state index contributed by atoms with van der Waals surface area (Å²) in [6.45, 7) is 5.77. The average Bonchev–Trinajstić information content (AvgIpc) is 2.51. The Morgan fingerprint density at radius 3 is 2.41 bits per heavy atom. The Balaban J connectivity index is 0.00000116. The Labute approximate surface area is 134 Å². The number of nitriles is 1. The molecule has 2 aromatic carbocycles. The highest BCUT2D eigenvalue weighted by molar-refractivity contribution is 6.68. The first kappa shape index (κ1) is 17.7. The first-order chi connectivity index (χ1) is 10.5. The number of rotatable bonds is 3. The number of hydrogen-bond donors (Lipinski definition) is 1. The van der Waals surface area contributed by atoms with Crippen molar-refractivity contribution in [3.05, 3.63) is 58.9 Å². The molecule has 0 heterocycles. The summed E-state index contributed by atoms with van der Waals surface area (Å²) in [6, 6.07) is 11.0. The van der Waals surface area contributed by atoms with Gasteiger partial charge in [-0.15, -0.1) is 0 Å². The van der Waals surface area contributed by atoms with Gasteiger partial charge in [0.2, 0.25) is 0 Å². The molecule has 5 heteroatoms. The third-order valence-electron chi connectivity index (χ3n) is 2.75. The maximum Gasteiger partial charge on any atom is 0.254 e. The zero-order valence-corrected chi connectivity index (χ0v) is 13.3. The molecule has 114 valence electrons. The van der Waals surface area contributed by atoms with Gasteiger partial charge in [-0.25, -0.2) is 4.39 Å². The van der Waals surface area contributed by atoms with E-state index in [1.165, 1.54) is 24.3 Å². The second-order valence-corrected chi connectivity index (χ2v) is 4.60. The van der Waals surface area contributed by atoms with Crippen molar-refractivity contribution < 1.29 is 9.18 Å². The molecule has 0 aliphatic rings. The third kappa shape index (κ3) is 4.31. The zero-order chi connectivity index (χ0) is 16.7.